The van der Waals surface area contributed by atoms with Crippen molar-refractivity contribution >= 4 is 39.3 Å². The summed E-state index contributed by atoms with van der Waals surface area (Å²) in [6.07, 6.45) is 2.39. The van der Waals surface area contributed by atoms with E-state index in [0.29, 0.717) is 30.3 Å². The molecule has 5 nitrogen and oxygen atoms in total. The minimum absolute atomic E-state index is 0.00569. The van der Waals surface area contributed by atoms with E-state index < -0.39 is 6.04 Å². The molecule has 0 aromatic heterocycles. The summed E-state index contributed by atoms with van der Waals surface area (Å²) in [5.74, 6) is 0.196. The van der Waals surface area contributed by atoms with E-state index in [0.717, 1.165) is 28.4 Å². The van der Waals surface area contributed by atoms with Crippen LogP contribution in [-0.2, 0) is 21.5 Å². The van der Waals surface area contributed by atoms with Crippen LogP contribution in [0.1, 0.15) is 65.0 Å². The van der Waals surface area contributed by atoms with E-state index in [1.165, 1.54) is 0 Å². The third kappa shape index (κ3) is 8.31. The van der Waals surface area contributed by atoms with Crippen LogP contribution in [0, 0.1) is 0 Å². The van der Waals surface area contributed by atoms with Crippen LogP contribution in [0.5, 0.6) is 5.75 Å². The monoisotopic (exact) mass is 550 g/mol. The third-order valence-electron chi connectivity index (χ3n) is 5.63. The van der Waals surface area contributed by atoms with E-state index >= 15 is 0 Å². The number of halogens is 2. The second-order valence-corrected chi connectivity index (χ2v) is 10.7. The number of hydrogen-bond acceptors (Lipinski definition) is 3. The van der Waals surface area contributed by atoms with Crippen LogP contribution in [0.25, 0.3) is 0 Å². The number of unbranched alkanes of at least 4 members (excludes halogenated alkanes) is 1. The van der Waals surface area contributed by atoms with Crippen LogP contribution in [0.2, 0.25) is 5.02 Å². The molecule has 2 amide bonds. The number of carbonyl (C=O) groups is 2. The first-order valence-electron chi connectivity index (χ1n) is 11.8. The summed E-state index contributed by atoms with van der Waals surface area (Å²) in [6.45, 7) is 11.1. The van der Waals surface area contributed by atoms with Crippen LogP contribution < -0.4 is 10.1 Å². The SMILES string of the molecule is CCCCNC(=O)[C@H](CC)N(Cc1ccc(Cl)cc1)C(=O)COc1ccc(C(C)(C)C)cc1Br. The molecule has 0 heterocycles. The van der Waals surface area contributed by atoms with Gasteiger partial charge in [0, 0.05) is 18.1 Å². The summed E-state index contributed by atoms with van der Waals surface area (Å²) in [7, 11) is 0. The van der Waals surface area contributed by atoms with Gasteiger partial charge in [-0.1, -0.05) is 70.8 Å². The normalized spacial score (nSPS) is 12.2. The van der Waals surface area contributed by atoms with Crippen molar-refractivity contribution in [1.82, 2.24) is 10.2 Å². The maximum absolute atomic E-state index is 13.3. The second kappa shape index (κ2) is 13.1. The van der Waals surface area contributed by atoms with Crippen LogP contribution >= 0.6 is 27.5 Å². The van der Waals surface area contributed by atoms with E-state index in [-0.39, 0.29) is 23.8 Å². The first-order chi connectivity index (χ1) is 16.1. The highest BCUT2D eigenvalue weighted by molar-refractivity contribution is 9.10. The molecule has 0 saturated heterocycles. The van der Waals surface area contributed by atoms with Crippen molar-refractivity contribution in [1.29, 1.82) is 0 Å². The topological polar surface area (TPSA) is 58.6 Å². The van der Waals surface area contributed by atoms with E-state index in [1.54, 1.807) is 17.0 Å². The number of nitrogens with zero attached hydrogens (tertiary/aromatic N) is 1. The molecule has 0 aliphatic heterocycles. The molecule has 2 rings (SSSR count). The van der Waals surface area contributed by atoms with Crippen LogP contribution in [0.4, 0.5) is 0 Å². The highest BCUT2D eigenvalue weighted by Gasteiger charge is 2.29. The van der Waals surface area contributed by atoms with Crippen molar-refractivity contribution in [2.24, 2.45) is 0 Å². The Morgan fingerprint density at radius 1 is 1.12 bits per heavy atom. The molecule has 0 spiro atoms. The molecule has 7 heteroatoms. The number of nitrogens with one attached hydrogen (secondary N) is 1. The van der Waals surface area contributed by atoms with Gasteiger partial charge in [0.1, 0.15) is 11.8 Å². The van der Waals surface area contributed by atoms with Gasteiger partial charge < -0.3 is 15.0 Å². The zero-order valence-corrected chi connectivity index (χ0v) is 23.1. The van der Waals surface area contributed by atoms with Crippen molar-refractivity contribution in [3.8, 4) is 5.75 Å². The molecule has 186 valence electrons. The fourth-order valence-electron chi connectivity index (χ4n) is 3.52. The summed E-state index contributed by atoms with van der Waals surface area (Å²) < 4.78 is 6.68. The second-order valence-electron chi connectivity index (χ2n) is 9.40. The van der Waals surface area contributed by atoms with E-state index in [4.69, 9.17) is 16.3 Å². The maximum Gasteiger partial charge on any atom is 0.261 e. The Balaban J connectivity index is 2.20. The molecule has 0 fully saturated rings. The lowest BCUT2D eigenvalue weighted by Gasteiger charge is -2.30. The standard InChI is InChI=1S/C27H36BrClN2O3/c1-6-8-15-30-26(33)23(7-2)31(17-19-9-12-21(29)13-10-19)25(32)18-34-24-14-11-20(16-22(24)28)27(3,4)5/h9-14,16,23H,6-8,15,17-18H2,1-5H3,(H,30,33)/t23-/m0/s1. The zero-order valence-electron chi connectivity index (χ0n) is 20.8. The fourth-order valence-corrected chi connectivity index (χ4v) is 4.14. The Morgan fingerprint density at radius 2 is 1.79 bits per heavy atom. The van der Waals surface area contributed by atoms with Gasteiger partial charge in [0.25, 0.3) is 5.91 Å². The average Bonchev–Trinajstić information content (AvgIpc) is 2.78. The van der Waals surface area contributed by atoms with E-state index in [9.17, 15) is 9.59 Å². The van der Waals surface area contributed by atoms with Gasteiger partial charge in [0.15, 0.2) is 6.61 Å². The van der Waals surface area contributed by atoms with Crippen LogP contribution in [-0.4, -0.2) is 35.9 Å². The third-order valence-corrected chi connectivity index (χ3v) is 6.50. The number of hydrogen-bond donors (Lipinski definition) is 1. The fraction of sp³-hybridized carbons (Fsp3) is 0.481. The lowest BCUT2D eigenvalue weighted by Crippen LogP contribution is -2.50. The number of rotatable bonds is 11. The van der Waals surface area contributed by atoms with Gasteiger partial charge in [-0.25, -0.2) is 0 Å². The summed E-state index contributed by atoms with van der Waals surface area (Å²) in [4.78, 5) is 27.9. The summed E-state index contributed by atoms with van der Waals surface area (Å²) in [5, 5.41) is 3.59. The number of carbonyl (C=O) groups excluding carboxylic acids is 2. The maximum atomic E-state index is 13.3. The summed E-state index contributed by atoms with van der Waals surface area (Å²) in [5.41, 5.74) is 2.07. The van der Waals surface area contributed by atoms with Gasteiger partial charge in [-0.15, -0.1) is 0 Å². The molecule has 0 radical (unpaired) electrons. The van der Waals surface area contributed by atoms with Crippen LogP contribution in [0.15, 0.2) is 46.9 Å². The molecule has 0 bridgehead atoms. The molecular formula is C27H36BrClN2O3. The zero-order chi connectivity index (χ0) is 25.3. The summed E-state index contributed by atoms with van der Waals surface area (Å²) >= 11 is 9.59. The van der Waals surface area contributed by atoms with E-state index in [2.05, 4.69) is 48.9 Å². The Hall–Kier alpha value is -2.05. The number of ether oxygens (including phenoxy) is 1. The molecule has 2 aromatic carbocycles. The molecule has 0 unspecified atom stereocenters. The van der Waals surface area contributed by atoms with Crippen molar-refractivity contribution in [2.45, 2.75) is 71.9 Å². The van der Waals surface area contributed by atoms with Gasteiger partial charge in [-0.05, 0) is 69.6 Å². The predicted molar refractivity (Wildman–Crippen MR) is 142 cm³/mol. The molecule has 1 N–H and O–H groups in total. The van der Waals surface area contributed by atoms with Gasteiger partial charge >= 0.3 is 0 Å². The van der Waals surface area contributed by atoms with Gasteiger partial charge in [0.2, 0.25) is 5.91 Å². The molecule has 0 saturated carbocycles. The molecule has 0 aliphatic rings. The smallest absolute Gasteiger partial charge is 0.261 e. The van der Waals surface area contributed by atoms with Crippen molar-refractivity contribution in [3.05, 3.63) is 63.1 Å². The van der Waals surface area contributed by atoms with Gasteiger partial charge in [0.05, 0.1) is 4.47 Å². The highest BCUT2D eigenvalue weighted by atomic mass is 79.9. The average molecular weight is 552 g/mol. The Kier molecular flexibility index (Phi) is 10.9. The quantitative estimate of drug-likeness (QED) is 0.324. The van der Waals surface area contributed by atoms with Crippen molar-refractivity contribution < 1.29 is 14.3 Å². The largest absolute Gasteiger partial charge is 0.483 e. The minimum atomic E-state index is -0.588. The molecule has 0 aliphatic carbocycles. The van der Waals surface area contributed by atoms with Crippen LogP contribution in [0.3, 0.4) is 0 Å². The number of benzene rings is 2. The van der Waals surface area contributed by atoms with Crippen molar-refractivity contribution in [2.75, 3.05) is 13.2 Å². The molecule has 1 atom stereocenters. The molecule has 34 heavy (non-hydrogen) atoms. The predicted octanol–water partition coefficient (Wildman–Crippen LogP) is 6.50. The Labute approximate surface area is 217 Å². The first kappa shape index (κ1) is 28.2. The minimum Gasteiger partial charge on any atom is -0.483 e. The molecule has 2 aromatic rings. The van der Waals surface area contributed by atoms with Gasteiger partial charge in [-0.3, -0.25) is 9.59 Å². The Bertz CT molecular complexity index is 957. The number of amides is 2. The molecular weight excluding hydrogens is 516 g/mol. The lowest BCUT2D eigenvalue weighted by molar-refractivity contribution is -0.143. The van der Waals surface area contributed by atoms with Crippen molar-refractivity contribution in [3.63, 3.8) is 0 Å². The first-order valence-corrected chi connectivity index (χ1v) is 13.0. The van der Waals surface area contributed by atoms with E-state index in [1.807, 2.05) is 37.3 Å². The van der Waals surface area contributed by atoms with Gasteiger partial charge in [-0.2, -0.15) is 0 Å². The highest BCUT2D eigenvalue weighted by Crippen LogP contribution is 2.31. The lowest BCUT2D eigenvalue weighted by atomic mass is 9.87. The summed E-state index contributed by atoms with van der Waals surface area (Å²) in [6, 6.07) is 12.6. The Morgan fingerprint density at radius 3 is 2.35 bits per heavy atom.